The van der Waals surface area contributed by atoms with E-state index >= 15 is 0 Å². The SMILES string of the molecule is COc1ccc2c(C(=O)N[C@@H](CC(=O)O)C(=O)O)cccc2c1Br. The first kappa shape index (κ1) is 17.7. The number of rotatable bonds is 6. The van der Waals surface area contributed by atoms with Crippen molar-refractivity contribution >= 4 is 44.5 Å². The Balaban J connectivity index is 2.41. The van der Waals surface area contributed by atoms with E-state index in [9.17, 15) is 14.4 Å². The third kappa shape index (κ3) is 3.65. The summed E-state index contributed by atoms with van der Waals surface area (Å²) in [5.74, 6) is -2.79. The Bertz CT molecular complexity index is 820. The molecule has 1 amide bonds. The molecular formula is C16H14BrNO6. The van der Waals surface area contributed by atoms with Gasteiger partial charge in [-0.1, -0.05) is 12.1 Å². The predicted octanol–water partition coefficient (Wildman–Crippen LogP) is 2.27. The maximum absolute atomic E-state index is 12.4. The number of halogens is 1. The van der Waals surface area contributed by atoms with Crippen LogP contribution in [0.2, 0.25) is 0 Å². The Morgan fingerprint density at radius 2 is 1.88 bits per heavy atom. The van der Waals surface area contributed by atoms with Gasteiger partial charge in [-0.25, -0.2) is 4.79 Å². The Morgan fingerprint density at radius 1 is 1.17 bits per heavy atom. The number of benzene rings is 2. The molecule has 0 saturated heterocycles. The number of fused-ring (bicyclic) bond motifs is 1. The van der Waals surface area contributed by atoms with Crippen molar-refractivity contribution in [3.05, 3.63) is 40.4 Å². The number of nitrogens with one attached hydrogen (secondary N) is 1. The van der Waals surface area contributed by atoms with Gasteiger partial charge in [0, 0.05) is 10.9 Å². The summed E-state index contributed by atoms with van der Waals surface area (Å²) in [7, 11) is 1.52. The van der Waals surface area contributed by atoms with Gasteiger partial charge in [0.05, 0.1) is 18.0 Å². The Hall–Kier alpha value is -2.61. The summed E-state index contributed by atoms with van der Waals surface area (Å²) in [6.07, 6.45) is -0.705. The zero-order valence-electron chi connectivity index (χ0n) is 12.6. The van der Waals surface area contributed by atoms with Crippen LogP contribution in [0.4, 0.5) is 0 Å². The molecule has 3 N–H and O–H groups in total. The van der Waals surface area contributed by atoms with E-state index < -0.39 is 30.3 Å². The lowest BCUT2D eigenvalue weighted by atomic mass is 10.0. The summed E-state index contributed by atoms with van der Waals surface area (Å²) in [6, 6.07) is 6.82. The van der Waals surface area contributed by atoms with Crippen molar-refractivity contribution in [3.8, 4) is 5.75 Å². The van der Waals surface area contributed by atoms with Crippen molar-refractivity contribution in [2.24, 2.45) is 0 Å². The van der Waals surface area contributed by atoms with E-state index in [-0.39, 0.29) is 5.56 Å². The van der Waals surface area contributed by atoms with Gasteiger partial charge in [-0.15, -0.1) is 0 Å². The minimum atomic E-state index is -1.51. The van der Waals surface area contributed by atoms with Crippen molar-refractivity contribution in [1.29, 1.82) is 0 Å². The predicted molar refractivity (Wildman–Crippen MR) is 89.3 cm³/mol. The number of aliphatic carboxylic acids is 2. The normalized spacial score (nSPS) is 11.8. The maximum atomic E-state index is 12.4. The molecule has 0 aromatic heterocycles. The van der Waals surface area contributed by atoms with Crippen LogP contribution in [0, 0.1) is 0 Å². The third-order valence-electron chi connectivity index (χ3n) is 3.41. The second kappa shape index (κ2) is 7.31. The number of amides is 1. The highest BCUT2D eigenvalue weighted by molar-refractivity contribution is 9.10. The van der Waals surface area contributed by atoms with E-state index in [1.807, 2.05) is 0 Å². The van der Waals surface area contributed by atoms with Gasteiger partial charge in [0.25, 0.3) is 5.91 Å². The van der Waals surface area contributed by atoms with Crippen LogP contribution < -0.4 is 10.1 Å². The molecule has 126 valence electrons. The molecule has 1 atom stereocenters. The molecule has 2 aromatic carbocycles. The van der Waals surface area contributed by atoms with E-state index in [1.165, 1.54) is 13.2 Å². The number of hydrogen-bond donors (Lipinski definition) is 3. The molecule has 0 bridgehead atoms. The van der Waals surface area contributed by atoms with Gasteiger partial charge in [0.1, 0.15) is 11.8 Å². The average molecular weight is 396 g/mol. The van der Waals surface area contributed by atoms with Crippen LogP contribution in [0.25, 0.3) is 10.8 Å². The van der Waals surface area contributed by atoms with Crippen LogP contribution in [-0.2, 0) is 9.59 Å². The highest BCUT2D eigenvalue weighted by Crippen LogP contribution is 2.34. The van der Waals surface area contributed by atoms with Gasteiger partial charge in [0.15, 0.2) is 0 Å². The summed E-state index contributed by atoms with van der Waals surface area (Å²) in [4.78, 5) is 34.2. The lowest BCUT2D eigenvalue weighted by Crippen LogP contribution is -2.42. The first-order valence-electron chi connectivity index (χ1n) is 6.85. The van der Waals surface area contributed by atoms with Gasteiger partial charge < -0.3 is 20.3 Å². The lowest BCUT2D eigenvalue weighted by Gasteiger charge is -2.14. The lowest BCUT2D eigenvalue weighted by molar-refractivity contribution is -0.145. The quantitative estimate of drug-likeness (QED) is 0.691. The maximum Gasteiger partial charge on any atom is 0.326 e. The Labute approximate surface area is 145 Å². The van der Waals surface area contributed by atoms with Crippen LogP contribution in [0.15, 0.2) is 34.8 Å². The number of hydrogen-bond acceptors (Lipinski definition) is 4. The second-order valence-corrected chi connectivity index (χ2v) is 5.74. The fraction of sp³-hybridized carbons (Fsp3) is 0.188. The molecule has 8 heteroatoms. The third-order valence-corrected chi connectivity index (χ3v) is 4.22. The van der Waals surface area contributed by atoms with Gasteiger partial charge in [0.2, 0.25) is 0 Å². The molecule has 7 nitrogen and oxygen atoms in total. The van der Waals surface area contributed by atoms with Crippen LogP contribution in [0.3, 0.4) is 0 Å². The van der Waals surface area contributed by atoms with E-state index in [2.05, 4.69) is 21.2 Å². The highest BCUT2D eigenvalue weighted by atomic mass is 79.9. The molecule has 0 aliphatic rings. The molecule has 2 aromatic rings. The van der Waals surface area contributed by atoms with Crippen LogP contribution in [0.5, 0.6) is 5.75 Å². The minimum Gasteiger partial charge on any atom is -0.496 e. The topological polar surface area (TPSA) is 113 Å². The zero-order chi connectivity index (χ0) is 17.9. The largest absolute Gasteiger partial charge is 0.496 e. The molecule has 0 radical (unpaired) electrons. The Kier molecular flexibility index (Phi) is 5.40. The average Bonchev–Trinajstić information content (AvgIpc) is 2.53. The van der Waals surface area contributed by atoms with Crippen LogP contribution in [0.1, 0.15) is 16.8 Å². The standard InChI is InChI=1S/C16H14BrNO6/c1-24-12-6-5-8-9(14(12)17)3-2-4-10(8)15(21)18-11(16(22)23)7-13(19)20/h2-6,11H,7H2,1H3,(H,18,21)(H,19,20)(H,22,23)/t11-/m0/s1. The number of carboxylic acids is 2. The molecule has 0 aliphatic carbocycles. The number of methoxy groups -OCH3 is 1. The molecular weight excluding hydrogens is 382 g/mol. The molecule has 0 spiro atoms. The summed E-state index contributed by atoms with van der Waals surface area (Å²) in [5, 5.41) is 21.3. The summed E-state index contributed by atoms with van der Waals surface area (Å²) >= 11 is 3.40. The second-order valence-electron chi connectivity index (χ2n) is 4.94. The fourth-order valence-electron chi connectivity index (χ4n) is 2.27. The monoisotopic (exact) mass is 395 g/mol. The molecule has 0 heterocycles. The van der Waals surface area contributed by atoms with E-state index in [1.54, 1.807) is 24.3 Å². The van der Waals surface area contributed by atoms with Crippen LogP contribution in [-0.4, -0.2) is 41.2 Å². The molecule has 2 rings (SSSR count). The van der Waals surface area contributed by atoms with E-state index in [0.29, 0.717) is 21.0 Å². The summed E-state index contributed by atoms with van der Waals surface area (Å²) in [5.41, 5.74) is 0.243. The van der Waals surface area contributed by atoms with Crippen molar-refractivity contribution in [1.82, 2.24) is 5.32 Å². The van der Waals surface area contributed by atoms with Crippen molar-refractivity contribution in [2.75, 3.05) is 7.11 Å². The van der Waals surface area contributed by atoms with Gasteiger partial charge in [-0.3, -0.25) is 9.59 Å². The van der Waals surface area contributed by atoms with E-state index in [4.69, 9.17) is 14.9 Å². The molecule has 0 fully saturated rings. The summed E-state index contributed by atoms with van der Waals surface area (Å²) < 4.78 is 5.87. The van der Waals surface area contributed by atoms with Crippen molar-refractivity contribution < 1.29 is 29.3 Å². The smallest absolute Gasteiger partial charge is 0.326 e. The van der Waals surface area contributed by atoms with Gasteiger partial charge in [-0.05, 0) is 39.5 Å². The van der Waals surface area contributed by atoms with Gasteiger partial charge in [-0.2, -0.15) is 0 Å². The fourth-order valence-corrected chi connectivity index (χ4v) is 2.91. The number of carbonyl (C=O) groups is 3. The van der Waals surface area contributed by atoms with Crippen molar-refractivity contribution in [2.45, 2.75) is 12.5 Å². The van der Waals surface area contributed by atoms with Crippen LogP contribution >= 0.6 is 15.9 Å². The highest BCUT2D eigenvalue weighted by Gasteiger charge is 2.24. The van der Waals surface area contributed by atoms with Crippen molar-refractivity contribution in [3.63, 3.8) is 0 Å². The number of carboxylic acid groups (broad SMARTS) is 2. The first-order valence-corrected chi connectivity index (χ1v) is 7.65. The van der Waals surface area contributed by atoms with E-state index in [0.717, 1.165) is 0 Å². The molecule has 0 saturated carbocycles. The minimum absolute atomic E-state index is 0.243. The molecule has 0 unspecified atom stereocenters. The Morgan fingerprint density at radius 3 is 2.46 bits per heavy atom. The number of ether oxygens (including phenoxy) is 1. The number of carbonyl (C=O) groups excluding carboxylic acids is 1. The summed E-state index contributed by atoms with van der Waals surface area (Å²) in [6.45, 7) is 0. The molecule has 24 heavy (non-hydrogen) atoms. The molecule has 0 aliphatic heterocycles. The first-order chi connectivity index (χ1) is 11.3. The van der Waals surface area contributed by atoms with Gasteiger partial charge >= 0.3 is 11.9 Å². The zero-order valence-corrected chi connectivity index (χ0v) is 14.2.